The highest BCUT2D eigenvalue weighted by molar-refractivity contribution is 4.86. The van der Waals surface area contributed by atoms with Crippen LogP contribution in [0.2, 0.25) is 0 Å². The molecule has 0 spiro atoms. The highest BCUT2D eigenvalue weighted by Crippen LogP contribution is 2.35. The number of hydrogen-bond acceptors (Lipinski definition) is 0. The zero-order valence-electron chi connectivity index (χ0n) is 19.1. The molecule has 1 fully saturated rings. The topological polar surface area (TPSA) is 0 Å². The zero-order valence-corrected chi connectivity index (χ0v) is 19.1. The van der Waals surface area contributed by atoms with Gasteiger partial charge < -0.3 is 0 Å². The maximum Gasteiger partial charge on any atom is -0.0231 e. The van der Waals surface area contributed by atoms with Crippen LogP contribution in [0, 0.1) is 29.6 Å². The van der Waals surface area contributed by atoms with E-state index in [1.807, 2.05) is 27.7 Å². The van der Waals surface area contributed by atoms with Crippen LogP contribution in [-0.2, 0) is 0 Å². The van der Waals surface area contributed by atoms with Gasteiger partial charge >= 0.3 is 0 Å². The van der Waals surface area contributed by atoms with Crippen LogP contribution in [-0.4, -0.2) is 0 Å². The number of hydrogen-bond donors (Lipinski definition) is 0. The van der Waals surface area contributed by atoms with Crippen molar-refractivity contribution in [2.75, 3.05) is 0 Å². The molecule has 4 atom stereocenters. The third-order valence-electron chi connectivity index (χ3n) is 4.64. The van der Waals surface area contributed by atoms with Crippen LogP contribution in [0.4, 0.5) is 0 Å². The molecule has 1 aliphatic rings. The molecule has 0 nitrogen and oxygen atoms in total. The number of allylic oxidation sites excluding steroid dienone is 1. The Hall–Kier alpha value is -0.260. The summed E-state index contributed by atoms with van der Waals surface area (Å²) >= 11 is 0. The molecule has 4 unspecified atom stereocenters. The van der Waals surface area contributed by atoms with E-state index < -0.39 is 0 Å². The van der Waals surface area contributed by atoms with E-state index in [1.54, 1.807) is 0 Å². The Labute approximate surface area is 156 Å². The van der Waals surface area contributed by atoms with E-state index in [9.17, 15) is 0 Å². The molecule has 1 saturated carbocycles. The molecule has 24 heavy (non-hydrogen) atoms. The minimum Gasteiger partial charge on any atom is -0.103 e. The first kappa shape index (κ1) is 28.5. The van der Waals surface area contributed by atoms with E-state index in [1.165, 1.54) is 44.9 Å². The van der Waals surface area contributed by atoms with Crippen LogP contribution in [0.3, 0.4) is 0 Å². The Morgan fingerprint density at radius 1 is 0.958 bits per heavy atom. The largest absolute Gasteiger partial charge is 0.103 e. The summed E-state index contributed by atoms with van der Waals surface area (Å²) in [6.07, 6.45) is 11.9. The third-order valence-corrected chi connectivity index (χ3v) is 4.64. The fraction of sp³-hybridized carbons (Fsp3) is 0.917. The van der Waals surface area contributed by atoms with Crippen LogP contribution in [0.5, 0.6) is 0 Å². The molecule has 0 aliphatic heterocycles. The zero-order chi connectivity index (χ0) is 19.5. The summed E-state index contributed by atoms with van der Waals surface area (Å²) in [6, 6.07) is 0. The van der Waals surface area contributed by atoms with Crippen LogP contribution in [0.25, 0.3) is 0 Å². The van der Waals surface area contributed by atoms with Gasteiger partial charge in [-0.3, -0.25) is 0 Å². The maximum atomic E-state index is 3.89. The van der Waals surface area contributed by atoms with Gasteiger partial charge in [0.25, 0.3) is 0 Å². The van der Waals surface area contributed by atoms with E-state index in [0.717, 1.165) is 29.6 Å². The van der Waals surface area contributed by atoms with Crippen LogP contribution >= 0.6 is 0 Å². The van der Waals surface area contributed by atoms with Gasteiger partial charge in [0.2, 0.25) is 0 Å². The summed E-state index contributed by atoms with van der Waals surface area (Å²) in [5.74, 6) is 4.53. The quantitative estimate of drug-likeness (QED) is 0.423. The molecule has 0 aromatic heterocycles. The van der Waals surface area contributed by atoms with Crippen molar-refractivity contribution in [3.63, 3.8) is 0 Å². The molecule has 0 heteroatoms. The molecular weight excluding hydrogens is 288 g/mol. The summed E-state index contributed by atoms with van der Waals surface area (Å²) < 4.78 is 0. The molecule has 1 aliphatic carbocycles. The first-order valence-corrected chi connectivity index (χ1v) is 11.0. The highest BCUT2D eigenvalue weighted by Gasteiger charge is 2.23. The number of rotatable bonds is 6. The van der Waals surface area contributed by atoms with Gasteiger partial charge in [-0.05, 0) is 55.3 Å². The average Bonchev–Trinajstić information content (AvgIpc) is 2.58. The van der Waals surface area contributed by atoms with E-state index in [2.05, 4.69) is 54.2 Å². The lowest BCUT2D eigenvalue weighted by Crippen LogP contribution is -2.19. The van der Waals surface area contributed by atoms with Gasteiger partial charge in [-0.25, -0.2) is 0 Å². The Balaban J connectivity index is -0.000000309. The molecule has 0 N–H and O–H groups in total. The predicted molar refractivity (Wildman–Crippen MR) is 117 cm³/mol. The van der Waals surface area contributed by atoms with Gasteiger partial charge in [0.15, 0.2) is 0 Å². The standard InChI is InChI=1S/C11H20.C9H20.2C2H6/c1-4-10-6-9(3)7-11(5-2)8-10;1-5-6-9(4)7-8(2)3;2*1-2/h4,9-11H,1,5-8H2,2-3H3;8-9H,5-7H2,1-4H3;2*1-2H3. The Kier molecular flexibility index (Phi) is 24.7. The second-order valence-electron chi connectivity index (χ2n) is 7.61. The van der Waals surface area contributed by atoms with E-state index in [-0.39, 0.29) is 0 Å². The second-order valence-corrected chi connectivity index (χ2v) is 7.61. The van der Waals surface area contributed by atoms with E-state index >= 15 is 0 Å². The smallest absolute Gasteiger partial charge is 0.0231 e. The van der Waals surface area contributed by atoms with Gasteiger partial charge in [-0.1, -0.05) is 94.6 Å². The van der Waals surface area contributed by atoms with Crippen molar-refractivity contribution in [2.45, 2.75) is 114 Å². The lowest BCUT2D eigenvalue weighted by Gasteiger charge is -2.31. The molecule has 0 amide bonds. The van der Waals surface area contributed by atoms with Crippen molar-refractivity contribution >= 4 is 0 Å². The molecular formula is C24H52. The molecule has 1 rings (SSSR count). The normalized spacial score (nSPS) is 23.5. The van der Waals surface area contributed by atoms with Crippen molar-refractivity contribution in [3.8, 4) is 0 Å². The average molecular weight is 341 g/mol. The Morgan fingerprint density at radius 2 is 1.50 bits per heavy atom. The van der Waals surface area contributed by atoms with E-state index in [0.29, 0.717) is 0 Å². The van der Waals surface area contributed by atoms with Crippen LogP contribution in [0.15, 0.2) is 12.7 Å². The lowest BCUT2D eigenvalue weighted by molar-refractivity contribution is 0.232. The summed E-state index contributed by atoms with van der Waals surface area (Å²) in [6.45, 7) is 25.8. The lowest BCUT2D eigenvalue weighted by atomic mass is 9.75. The molecule has 0 radical (unpaired) electrons. The molecule has 0 aromatic carbocycles. The fourth-order valence-electron chi connectivity index (χ4n) is 3.74. The summed E-state index contributed by atoms with van der Waals surface area (Å²) in [7, 11) is 0. The van der Waals surface area contributed by atoms with Gasteiger partial charge in [-0.15, -0.1) is 6.58 Å². The van der Waals surface area contributed by atoms with Crippen molar-refractivity contribution in [1.82, 2.24) is 0 Å². The fourth-order valence-corrected chi connectivity index (χ4v) is 3.74. The Morgan fingerprint density at radius 3 is 1.88 bits per heavy atom. The van der Waals surface area contributed by atoms with Crippen molar-refractivity contribution in [2.24, 2.45) is 29.6 Å². The minimum atomic E-state index is 0.809. The monoisotopic (exact) mass is 340 g/mol. The highest BCUT2D eigenvalue weighted by atomic mass is 14.3. The SMILES string of the molecule is C=CC1CC(C)CC(CC)C1.CC.CC.CCCC(C)CC(C)C. The van der Waals surface area contributed by atoms with Gasteiger partial charge in [0.05, 0.1) is 0 Å². The third kappa shape index (κ3) is 18.1. The van der Waals surface area contributed by atoms with E-state index in [4.69, 9.17) is 0 Å². The Bertz CT molecular complexity index is 228. The minimum absolute atomic E-state index is 0.809. The molecule has 148 valence electrons. The van der Waals surface area contributed by atoms with Crippen LogP contribution < -0.4 is 0 Å². The summed E-state index contributed by atoms with van der Waals surface area (Å²) in [4.78, 5) is 0. The van der Waals surface area contributed by atoms with Crippen molar-refractivity contribution in [3.05, 3.63) is 12.7 Å². The van der Waals surface area contributed by atoms with Crippen molar-refractivity contribution < 1.29 is 0 Å². The summed E-state index contributed by atoms with van der Waals surface area (Å²) in [5.41, 5.74) is 0. The molecule has 0 saturated heterocycles. The van der Waals surface area contributed by atoms with Gasteiger partial charge in [0, 0.05) is 0 Å². The maximum absolute atomic E-state index is 3.89. The van der Waals surface area contributed by atoms with Crippen LogP contribution in [0.1, 0.15) is 114 Å². The first-order valence-electron chi connectivity index (χ1n) is 11.0. The predicted octanol–water partition coefficient (Wildman–Crippen LogP) is 9.16. The second kappa shape index (κ2) is 20.8. The van der Waals surface area contributed by atoms with Gasteiger partial charge in [0.1, 0.15) is 0 Å². The van der Waals surface area contributed by atoms with Gasteiger partial charge in [-0.2, -0.15) is 0 Å². The molecule has 0 heterocycles. The first-order chi connectivity index (χ1) is 11.4. The molecule has 0 aromatic rings. The summed E-state index contributed by atoms with van der Waals surface area (Å²) in [5, 5.41) is 0. The molecule has 0 bridgehead atoms. The van der Waals surface area contributed by atoms with Crippen molar-refractivity contribution in [1.29, 1.82) is 0 Å².